The molecule has 3 N–H and O–H groups in total. The Labute approximate surface area is 115 Å². The predicted molar refractivity (Wildman–Crippen MR) is 76.4 cm³/mol. The van der Waals surface area contributed by atoms with E-state index in [1.54, 1.807) is 12.1 Å². The summed E-state index contributed by atoms with van der Waals surface area (Å²) in [6.45, 7) is 8.70. The SMILES string of the molecule is CCN1CCC(CNC(C)c2ccc(O)cc2O)C1. The molecule has 1 aliphatic rings. The van der Waals surface area contributed by atoms with E-state index in [1.807, 2.05) is 6.92 Å². The summed E-state index contributed by atoms with van der Waals surface area (Å²) in [4.78, 5) is 2.47. The molecule has 1 aromatic carbocycles. The van der Waals surface area contributed by atoms with Crippen molar-refractivity contribution in [2.45, 2.75) is 26.3 Å². The minimum atomic E-state index is 0.0938. The van der Waals surface area contributed by atoms with E-state index in [4.69, 9.17) is 0 Å². The van der Waals surface area contributed by atoms with Crippen molar-refractivity contribution in [2.24, 2.45) is 5.92 Å². The van der Waals surface area contributed by atoms with Gasteiger partial charge in [-0.25, -0.2) is 0 Å². The Morgan fingerprint density at radius 3 is 2.84 bits per heavy atom. The molecule has 1 fully saturated rings. The maximum absolute atomic E-state index is 9.83. The monoisotopic (exact) mass is 264 g/mol. The highest BCUT2D eigenvalue weighted by Crippen LogP contribution is 2.28. The first-order valence-electron chi connectivity index (χ1n) is 7.07. The second-order valence-corrected chi connectivity index (χ2v) is 5.42. The molecule has 0 amide bonds. The molecular formula is C15H24N2O2. The number of nitrogens with one attached hydrogen (secondary N) is 1. The van der Waals surface area contributed by atoms with Gasteiger partial charge in [0.2, 0.25) is 0 Å². The summed E-state index contributed by atoms with van der Waals surface area (Å²) in [6, 6.07) is 4.87. The van der Waals surface area contributed by atoms with Crippen LogP contribution in [0.2, 0.25) is 0 Å². The smallest absolute Gasteiger partial charge is 0.124 e. The molecule has 1 aromatic rings. The third-order valence-electron chi connectivity index (χ3n) is 4.01. The zero-order chi connectivity index (χ0) is 13.8. The standard InChI is InChI=1S/C15H24N2O2/c1-3-17-7-6-12(10-17)9-16-11(2)14-5-4-13(18)8-15(14)19/h4-5,8,11-12,16,18-19H,3,6-7,9-10H2,1-2H3. The van der Waals surface area contributed by atoms with Crippen molar-refractivity contribution in [3.63, 3.8) is 0 Å². The highest BCUT2D eigenvalue weighted by molar-refractivity contribution is 5.40. The van der Waals surface area contributed by atoms with E-state index >= 15 is 0 Å². The molecular weight excluding hydrogens is 240 g/mol. The first kappa shape index (κ1) is 14.2. The van der Waals surface area contributed by atoms with Gasteiger partial charge in [-0.05, 0) is 45.0 Å². The lowest BCUT2D eigenvalue weighted by atomic mass is 10.0. The van der Waals surface area contributed by atoms with Gasteiger partial charge in [-0.1, -0.05) is 13.0 Å². The van der Waals surface area contributed by atoms with Crippen LogP contribution in [0.15, 0.2) is 18.2 Å². The third kappa shape index (κ3) is 3.61. The predicted octanol–water partition coefficient (Wildman–Crippen LogP) is 2.09. The largest absolute Gasteiger partial charge is 0.508 e. The fourth-order valence-electron chi connectivity index (χ4n) is 2.72. The second kappa shape index (κ2) is 6.26. The Balaban J connectivity index is 1.86. The normalized spacial score (nSPS) is 21.7. The highest BCUT2D eigenvalue weighted by atomic mass is 16.3. The molecule has 19 heavy (non-hydrogen) atoms. The molecule has 1 aliphatic heterocycles. The summed E-state index contributed by atoms with van der Waals surface area (Å²) in [5.74, 6) is 0.950. The van der Waals surface area contributed by atoms with Crippen molar-refractivity contribution in [3.05, 3.63) is 23.8 Å². The van der Waals surface area contributed by atoms with E-state index in [1.165, 1.54) is 19.0 Å². The lowest BCUT2D eigenvalue weighted by molar-refractivity contribution is 0.335. The fourth-order valence-corrected chi connectivity index (χ4v) is 2.72. The number of rotatable bonds is 5. The van der Waals surface area contributed by atoms with Crippen LogP contribution in [0.4, 0.5) is 0 Å². The van der Waals surface area contributed by atoms with Crippen LogP contribution < -0.4 is 5.32 Å². The molecule has 0 aromatic heterocycles. The van der Waals surface area contributed by atoms with Crippen molar-refractivity contribution < 1.29 is 10.2 Å². The van der Waals surface area contributed by atoms with Crippen LogP contribution in [0, 0.1) is 5.92 Å². The van der Waals surface area contributed by atoms with Gasteiger partial charge in [-0.2, -0.15) is 0 Å². The Morgan fingerprint density at radius 2 is 2.21 bits per heavy atom. The van der Waals surface area contributed by atoms with Crippen molar-refractivity contribution >= 4 is 0 Å². The molecule has 4 nitrogen and oxygen atoms in total. The maximum atomic E-state index is 9.83. The third-order valence-corrected chi connectivity index (χ3v) is 4.01. The first-order chi connectivity index (χ1) is 9.10. The highest BCUT2D eigenvalue weighted by Gasteiger charge is 2.21. The number of hydrogen-bond donors (Lipinski definition) is 3. The number of benzene rings is 1. The minimum Gasteiger partial charge on any atom is -0.508 e. The van der Waals surface area contributed by atoms with Crippen molar-refractivity contribution in [2.75, 3.05) is 26.2 Å². The van der Waals surface area contributed by atoms with Crippen molar-refractivity contribution in [1.29, 1.82) is 0 Å². The topological polar surface area (TPSA) is 55.7 Å². The average molecular weight is 264 g/mol. The van der Waals surface area contributed by atoms with Gasteiger partial charge in [-0.3, -0.25) is 0 Å². The molecule has 2 rings (SSSR count). The summed E-state index contributed by atoms with van der Waals surface area (Å²) in [5.41, 5.74) is 0.836. The van der Waals surface area contributed by atoms with Crippen LogP contribution in [-0.2, 0) is 0 Å². The summed E-state index contributed by atoms with van der Waals surface area (Å²) in [7, 11) is 0. The Morgan fingerprint density at radius 1 is 1.42 bits per heavy atom. The van der Waals surface area contributed by atoms with Gasteiger partial charge < -0.3 is 20.4 Å². The van der Waals surface area contributed by atoms with Crippen LogP contribution in [0.25, 0.3) is 0 Å². The van der Waals surface area contributed by atoms with Gasteiger partial charge in [0.1, 0.15) is 11.5 Å². The van der Waals surface area contributed by atoms with Crippen LogP contribution in [0.5, 0.6) is 11.5 Å². The Hall–Kier alpha value is -1.26. The molecule has 1 saturated heterocycles. The van der Waals surface area contributed by atoms with E-state index in [0.717, 1.165) is 25.2 Å². The van der Waals surface area contributed by atoms with E-state index in [2.05, 4.69) is 17.1 Å². The molecule has 1 heterocycles. The quantitative estimate of drug-likeness (QED) is 0.762. The molecule has 0 radical (unpaired) electrons. The van der Waals surface area contributed by atoms with Gasteiger partial charge in [-0.15, -0.1) is 0 Å². The molecule has 2 unspecified atom stereocenters. The van der Waals surface area contributed by atoms with Gasteiger partial charge in [0.25, 0.3) is 0 Å². The lowest BCUT2D eigenvalue weighted by Crippen LogP contribution is -2.28. The van der Waals surface area contributed by atoms with E-state index in [9.17, 15) is 10.2 Å². The lowest BCUT2D eigenvalue weighted by Gasteiger charge is -2.19. The zero-order valence-electron chi connectivity index (χ0n) is 11.8. The van der Waals surface area contributed by atoms with Gasteiger partial charge in [0, 0.05) is 24.2 Å². The number of hydrogen-bond acceptors (Lipinski definition) is 4. The summed E-state index contributed by atoms with van der Waals surface area (Å²) >= 11 is 0. The number of aromatic hydroxyl groups is 2. The average Bonchev–Trinajstić information content (AvgIpc) is 2.84. The summed E-state index contributed by atoms with van der Waals surface area (Å²) < 4.78 is 0. The molecule has 2 atom stereocenters. The first-order valence-corrected chi connectivity index (χ1v) is 7.07. The molecule has 0 saturated carbocycles. The molecule has 0 spiro atoms. The fraction of sp³-hybridized carbons (Fsp3) is 0.600. The maximum Gasteiger partial charge on any atom is 0.124 e. The van der Waals surface area contributed by atoms with Crippen LogP contribution in [0.1, 0.15) is 31.9 Å². The molecule has 0 aliphatic carbocycles. The van der Waals surface area contributed by atoms with Crippen molar-refractivity contribution in [1.82, 2.24) is 10.2 Å². The van der Waals surface area contributed by atoms with E-state index in [0.29, 0.717) is 5.92 Å². The van der Waals surface area contributed by atoms with Crippen LogP contribution in [0.3, 0.4) is 0 Å². The zero-order valence-corrected chi connectivity index (χ0v) is 11.8. The number of phenolic OH excluding ortho intramolecular Hbond substituents is 2. The van der Waals surface area contributed by atoms with E-state index in [-0.39, 0.29) is 17.5 Å². The minimum absolute atomic E-state index is 0.0938. The molecule has 0 bridgehead atoms. The van der Waals surface area contributed by atoms with E-state index < -0.39 is 0 Å². The second-order valence-electron chi connectivity index (χ2n) is 5.42. The summed E-state index contributed by atoms with van der Waals surface area (Å²) in [5, 5.41) is 22.6. The number of likely N-dealkylation sites (tertiary alicyclic amines) is 1. The van der Waals surface area contributed by atoms with Crippen LogP contribution >= 0.6 is 0 Å². The van der Waals surface area contributed by atoms with Gasteiger partial charge in [0.05, 0.1) is 0 Å². The molecule has 106 valence electrons. The Bertz CT molecular complexity index is 423. The van der Waals surface area contributed by atoms with Crippen LogP contribution in [-0.4, -0.2) is 41.3 Å². The number of phenols is 2. The Kier molecular flexibility index (Phi) is 4.66. The molecule has 4 heteroatoms. The number of nitrogens with zero attached hydrogens (tertiary/aromatic N) is 1. The van der Waals surface area contributed by atoms with Crippen molar-refractivity contribution in [3.8, 4) is 11.5 Å². The van der Waals surface area contributed by atoms with Gasteiger partial charge in [0.15, 0.2) is 0 Å². The van der Waals surface area contributed by atoms with Gasteiger partial charge >= 0.3 is 0 Å². The summed E-state index contributed by atoms with van der Waals surface area (Å²) in [6.07, 6.45) is 1.25.